The highest BCUT2D eigenvalue weighted by Crippen LogP contribution is 2.26. The van der Waals surface area contributed by atoms with E-state index in [1.807, 2.05) is 18.2 Å². The molecule has 0 saturated heterocycles. The van der Waals surface area contributed by atoms with Gasteiger partial charge in [0.2, 0.25) is 5.88 Å². The van der Waals surface area contributed by atoms with Gasteiger partial charge in [0.05, 0.1) is 5.52 Å². The molecule has 4 heteroatoms. The van der Waals surface area contributed by atoms with Crippen LogP contribution in [0.2, 0.25) is 0 Å². The molecule has 0 bridgehead atoms. The van der Waals surface area contributed by atoms with Gasteiger partial charge in [0.25, 0.3) is 0 Å². The topological polar surface area (TPSA) is 34.4 Å². The average molecular weight is 289 g/mol. The zero-order chi connectivity index (χ0) is 9.42. The zero-order valence-electron chi connectivity index (χ0n) is 6.99. The monoisotopic (exact) mass is 289 g/mol. The Bertz CT molecular complexity index is 450. The van der Waals surface area contributed by atoms with Crippen molar-refractivity contribution in [2.45, 2.75) is 0 Å². The molecule has 0 fully saturated rings. The maximum absolute atomic E-state index is 9.49. The van der Waals surface area contributed by atoms with Crippen molar-refractivity contribution in [1.82, 2.24) is 4.73 Å². The van der Waals surface area contributed by atoms with E-state index in [1.54, 1.807) is 6.07 Å². The fraction of sp³-hybridized carbons (Fsp3) is 0.111. The van der Waals surface area contributed by atoms with Crippen LogP contribution >= 0.6 is 22.6 Å². The van der Waals surface area contributed by atoms with Gasteiger partial charge in [0.1, 0.15) is 7.11 Å². The average Bonchev–Trinajstić information content (AvgIpc) is 2.43. The minimum Gasteiger partial charge on any atom is -0.492 e. The molecule has 0 saturated carbocycles. The molecule has 0 unspecified atom stereocenters. The molecule has 13 heavy (non-hydrogen) atoms. The lowest BCUT2D eigenvalue weighted by molar-refractivity contribution is 0.152. The molecule has 2 rings (SSSR count). The second kappa shape index (κ2) is 3.10. The smallest absolute Gasteiger partial charge is 0.226 e. The molecule has 1 aromatic carbocycles. The summed E-state index contributed by atoms with van der Waals surface area (Å²) in [5.74, 6) is 0.126. The minimum atomic E-state index is 0.126. The van der Waals surface area contributed by atoms with Crippen molar-refractivity contribution in [2.24, 2.45) is 0 Å². The SMILES string of the molecule is COn1c(O)cc2c(I)cccc21. The van der Waals surface area contributed by atoms with Crippen molar-refractivity contribution in [1.29, 1.82) is 0 Å². The number of nitrogens with zero attached hydrogens (tertiary/aromatic N) is 1. The van der Waals surface area contributed by atoms with Crippen LogP contribution in [0.15, 0.2) is 24.3 Å². The van der Waals surface area contributed by atoms with E-state index < -0.39 is 0 Å². The molecule has 0 aliphatic heterocycles. The van der Waals surface area contributed by atoms with Gasteiger partial charge in [-0.05, 0) is 34.7 Å². The maximum atomic E-state index is 9.49. The van der Waals surface area contributed by atoms with Crippen LogP contribution in [0.3, 0.4) is 0 Å². The third kappa shape index (κ3) is 1.25. The molecular formula is C9H8INO2. The lowest BCUT2D eigenvalue weighted by Crippen LogP contribution is -2.03. The highest BCUT2D eigenvalue weighted by molar-refractivity contribution is 14.1. The van der Waals surface area contributed by atoms with Crippen LogP contribution in [-0.4, -0.2) is 16.9 Å². The summed E-state index contributed by atoms with van der Waals surface area (Å²) in [5, 5.41) is 10.5. The number of halogens is 1. The second-order valence-corrected chi connectivity index (χ2v) is 3.81. The molecule has 2 aromatic rings. The quantitative estimate of drug-likeness (QED) is 0.815. The van der Waals surface area contributed by atoms with E-state index in [-0.39, 0.29) is 5.88 Å². The highest BCUT2D eigenvalue weighted by Gasteiger charge is 2.08. The van der Waals surface area contributed by atoms with Gasteiger partial charge in [-0.2, -0.15) is 0 Å². The number of benzene rings is 1. The molecule has 0 aliphatic rings. The Kier molecular flexibility index (Phi) is 2.07. The third-order valence-corrected chi connectivity index (χ3v) is 2.85. The van der Waals surface area contributed by atoms with Crippen LogP contribution in [0.5, 0.6) is 5.88 Å². The molecule has 1 aromatic heterocycles. The first-order chi connectivity index (χ1) is 6.24. The molecule has 0 spiro atoms. The van der Waals surface area contributed by atoms with Crippen LogP contribution in [0, 0.1) is 3.57 Å². The summed E-state index contributed by atoms with van der Waals surface area (Å²) in [7, 11) is 1.53. The summed E-state index contributed by atoms with van der Waals surface area (Å²) >= 11 is 2.22. The third-order valence-electron chi connectivity index (χ3n) is 1.91. The van der Waals surface area contributed by atoms with E-state index in [9.17, 15) is 5.11 Å². The van der Waals surface area contributed by atoms with Gasteiger partial charge in [-0.1, -0.05) is 6.07 Å². The van der Waals surface area contributed by atoms with Gasteiger partial charge in [0.15, 0.2) is 0 Å². The van der Waals surface area contributed by atoms with Gasteiger partial charge >= 0.3 is 0 Å². The molecular weight excluding hydrogens is 281 g/mol. The Hall–Kier alpha value is -0.910. The van der Waals surface area contributed by atoms with Gasteiger partial charge in [-0.25, -0.2) is 0 Å². The standard InChI is InChI=1S/C9H8INO2/c1-13-11-8-4-2-3-7(10)6(8)5-9(11)12/h2-5,12H,1H3. The Morgan fingerprint density at radius 2 is 2.23 bits per heavy atom. The Balaban J connectivity index is 2.86. The number of hydrogen-bond donors (Lipinski definition) is 1. The largest absolute Gasteiger partial charge is 0.492 e. The summed E-state index contributed by atoms with van der Waals surface area (Å²) in [6, 6.07) is 7.52. The lowest BCUT2D eigenvalue weighted by Gasteiger charge is -2.02. The molecule has 0 atom stereocenters. The lowest BCUT2D eigenvalue weighted by atomic mass is 10.2. The predicted octanol–water partition coefficient (Wildman–Crippen LogP) is 2.01. The summed E-state index contributed by atoms with van der Waals surface area (Å²) < 4.78 is 2.50. The summed E-state index contributed by atoms with van der Waals surface area (Å²) in [6.07, 6.45) is 0. The van der Waals surface area contributed by atoms with Gasteiger partial charge < -0.3 is 9.94 Å². The normalized spacial score (nSPS) is 10.6. The van der Waals surface area contributed by atoms with E-state index >= 15 is 0 Å². The van der Waals surface area contributed by atoms with Crippen molar-refractivity contribution in [3.05, 3.63) is 27.8 Å². The van der Waals surface area contributed by atoms with Crippen molar-refractivity contribution in [3.8, 4) is 5.88 Å². The summed E-state index contributed by atoms with van der Waals surface area (Å²) in [5.41, 5.74) is 0.881. The number of aromatic nitrogens is 1. The molecule has 0 aliphatic carbocycles. The Labute approximate surface area is 89.0 Å². The minimum absolute atomic E-state index is 0.126. The molecule has 3 nitrogen and oxygen atoms in total. The van der Waals surface area contributed by atoms with Crippen molar-refractivity contribution < 1.29 is 9.94 Å². The number of hydrogen-bond acceptors (Lipinski definition) is 2. The highest BCUT2D eigenvalue weighted by atomic mass is 127. The first-order valence-electron chi connectivity index (χ1n) is 3.77. The molecule has 0 radical (unpaired) electrons. The van der Waals surface area contributed by atoms with E-state index in [4.69, 9.17) is 4.84 Å². The van der Waals surface area contributed by atoms with Gasteiger partial charge in [-0.15, -0.1) is 4.73 Å². The van der Waals surface area contributed by atoms with Crippen LogP contribution in [0.1, 0.15) is 0 Å². The summed E-state index contributed by atoms with van der Waals surface area (Å²) in [4.78, 5) is 5.02. The van der Waals surface area contributed by atoms with E-state index in [0.717, 1.165) is 14.5 Å². The second-order valence-electron chi connectivity index (χ2n) is 2.65. The molecule has 1 N–H and O–H groups in total. The van der Waals surface area contributed by atoms with E-state index in [2.05, 4.69) is 22.6 Å². The first kappa shape index (κ1) is 8.68. The van der Waals surface area contributed by atoms with Crippen molar-refractivity contribution in [2.75, 3.05) is 7.11 Å². The van der Waals surface area contributed by atoms with Gasteiger partial charge in [0, 0.05) is 15.0 Å². The Morgan fingerprint density at radius 1 is 1.46 bits per heavy atom. The fourth-order valence-corrected chi connectivity index (χ4v) is 1.99. The fourth-order valence-electron chi connectivity index (χ4n) is 1.35. The van der Waals surface area contributed by atoms with Crippen LogP contribution in [0.25, 0.3) is 10.9 Å². The summed E-state index contributed by atoms with van der Waals surface area (Å²) in [6.45, 7) is 0. The van der Waals surface area contributed by atoms with Crippen LogP contribution in [0.4, 0.5) is 0 Å². The molecule has 68 valence electrons. The number of fused-ring (bicyclic) bond motifs is 1. The van der Waals surface area contributed by atoms with Crippen molar-refractivity contribution >= 4 is 33.5 Å². The Morgan fingerprint density at radius 3 is 2.92 bits per heavy atom. The molecule has 1 heterocycles. The van der Waals surface area contributed by atoms with Crippen LogP contribution in [-0.2, 0) is 0 Å². The first-order valence-corrected chi connectivity index (χ1v) is 4.85. The molecule has 0 amide bonds. The van der Waals surface area contributed by atoms with Gasteiger partial charge in [-0.3, -0.25) is 0 Å². The zero-order valence-corrected chi connectivity index (χ0v) is 9.15. The predicted molar refractivity (Wildman–Crippen MR) is 58.8 cm³/mol. The maximum Gasteiger partial charge on any atom is 0.226 e. The van der Waals surface area contributed by atoms with Crippen LogP contribution < -0.4 is 4.84 Å². The van der Waals surface area contributed by atoms with E-state index in [1.165, 1.54) is 11.8 Å². The number of rotatable bonds is 1. The van der Waals surface area contributed by atoms with Crippen molar-refractivity contribution in [3.63, 3.8) is 0 Å². The van der Waals surface area contributed by atoms with E-state index in [0.29, 0.717) is 0 Å². The number of aromatic hydroxyl groups is 1.